The van der Waals surface area contributed by atoms with Gasteiger partial charge in [0.05, 0.1) is 16.1 Å². The lowest BCUT2D eigenvalue weighted by Gasteiger charge is -2.02. The monoisotopic (exact) mass is 334 g/mol. The summed E-state index contributed by atoms with van der Waals surface area (Å²) >= 11 is 5.75. The summed E-state index contributed by atoms with van der Waals surface area (Å²) in [5.74, 6) is -0.255. The zero-order valence-electron chi connectivity index (χ0n) is 12.2. The largest absolute Gasteiger partial charge is 0.352 e. The molecule has 0 saturated carbocycles. The molecule has 0 aliphatic carbocycles. The maximum absolute atomic E-state index is 11.7. The number of halogens is 1. The van der Waals surface area contributed by atoms with Gasteiger partial charge < -0.3 is 5.32 Å². The zero-order chi connectivity index (χ0) is 16.7. The number of aromatic nitrogens is 2. The first-order valence-corrected chi connectivity index (χ1v) is 7.31. The van der Waals surface area contributed by atoms with Crippen LogP contribution in [0, 0.1) is 10.1 Å². The van der Waals surface area contributed by atoms with Crippen molar-refractivity contribution in [1.29, 1.82) is 0 Å². The third-order valence-corrected chi connectivity index (χ3v) is 3.17. The minimum absolute atomic E-state index is 0.00885. The van der Waals surface area contributed by atoms with Gasteiger partial charge in [-0.05, 0) is 18.1 Å². The first-order valence-electron chi connectivity index (χ1n) is 6.93. The van der Waals surface area contributed by atoms with E-state index < -0.39 is 4.92 Å². The Kier molecular flexibility index (Phi) is 5.87. The van der Waals surface area contributed by atoms with Crippen LogP contribution in [0.3, 0.4) is 0 Å². The van der Waals surface area contributed by atoms with Gasteiger partial charge in [-0.2, -0.15) is 5.10 Å². The Labute approximate surface area is 137 Å². The number of benzene rings is 1. The fourth-order valence-corrected chi connectivity index (χ4v) is 2.04. The molecule has 23 heavy (non-hydrogen) atoms. The average molecular weight is 335 g/mol. The summed E-state index contributed by atoms with van der Waals surface area (Å²) in [6.45, 7) is 1.15. The number of rotatable bonds is 7. The number of amides is 1. The molecule has 1 aromatic carbocycles. The van der Waals surface area contributed by atoms with Gasteiger partial charge in [-0.15, -0.1) is 0 Å². The number of hydrogen-bond acceptors (Lipinski definition) is 4. The maximum Gasteiger partial charge on any atom is 0.270 e. The quantitative estimate of drug-likeness (QED) is 0.365. The third-order valence-electron chi connectivity index (χ3n) is 2.97. The van der Waals surface area contributed by atoms with Crippen molar-refractivity contribution in [3.8, 4) is 0 Å². The van der Waals surface area contributed by atoms with Crippen molar-refractivity contribution in [2.75, 3.05) is 6.54 Å². The van der Waals surface area contributed by atoms with E-state index in [1.807, 2.05) is 0 Å². The van der Waals surface area contributed by atoms with Crippen LogP contribution in [0.2, 0.25) is 5.02 Å². The Hall–Kier alpha value is -2.67. The smallest absolute Gasteiger partial charge is 0.270 e. The topological polar surface area (TPSA) is 90.1 Å². The summed E-state index contributed by atoms with van der Waals surface area (Å²) in [6, 6.07) is 6.08. The summed E-state index contributed by atoms with van der Waals surface area (Å²) in [6.07, 6.45) is 6.88. The van der Waals surface area contributed by atoms with Gasteiger partial charge in [0.2, 0.25) is 5.91 Å². The second-order valence-electron chi connectivity index (χ2n) is 4.75. The molecule has 0 atom stereocenters. The normalized spacial score (nSPS) is 10.8. The highest BCUT2D eigenvalue weighted by Crippen LogP contribution is 2.13. The molecular weight excluding hydrogens is 320 g/mol. The van der Waals surface area contributed by atoms with Gasteiger partial charge in [0, 0.05) is 37.5 Å². The highest BCUT2D eigenvalue weighted by atomic mass is 35.5. The zero-order valence-corrected chi connectivity index (χ0v) is 12.9. The number of nitrogens with one attached hydrogen (secondary N) is 1. The van der Waals surface area contributed by atoms with Gasteiger partial charge >= 0.3 is 0 Å². The lowest BCUT2D eigenvalue weighted by Crippen LogP contribution is -2.23. The third kappa shape index (κ3) is 5.55. The second-order valence-corrected chi connectivity index (χ2v) is 5.19. The molecule has 1 heterocycles. The van der Waals surface area contributed by atoms with E-state index in [-0.39, 0.29) is 11.6 Å². The van der Waals surface area contributed by atoms with E-state index >= 15 is 0 Å². The van der Waals surface area contributed by atoms with Crippen LogP contribution in [0.1, 0.15) is 12.0 Å². The van der Waals surface area contributed by atoms with Crippen molar-refractivity contribution >= 4 is 29.3 Å². The maximum atomic E-state index is 11.7. The molecule has 0 aliphatic heterocycles. The number of hydrogen-bond donors (Lipinski definition) is 1. The lowest BCUT2D eigenvalue weighted by atomic mass is 10.2. The molecule has 1 aromatic heterocycles. The van der Waals surface area contributed by atoms with Crippen LogP contribution in [-0.2, 0) is 11.3 Å². The molecule has 2 rings (SSSR count). The molecule has 0 bridgehead atoms. The lowest BCUT2D eigenvalue weighted by molar-refractivity contribution is -0.384. The Bertz CT molecular complexity index is 727. The predicted molar refractivity (Wildman–Crippen MR) is 87.0 cm³/mol. The standard InChI is InChI=1S/C15H15ClN4O3/c16-13-10-18-19(11-13)8-2-7-17-15(21)6-5-12-3-1-4-14(9-12)20(22)23/h1,3-6,9-11H,2,7-8H2,(H,17,21)/b6-5+. The number of nitro benzene ring substituents is 1. The summed E-state index contributed by atoms with van der Waals surface area (Å²) in [5, 5.41) is 18.0. The number of non-ortho nitro benzene ring substituents is 1. The number of nitro groups is 1. The minimum Gasteiger partial charge on any atom is -0.352 e. The molecular formula is C15H15ClN4O3. The van der Waals surface area contributed by atoms with Gasteiger partial charge in [-0.1, -0.05) is 23.7 Å². The van der Waals surface area contributed by atoms with Crippen LogP contribution in [-0.4, -0.2) is 27.2 Å². The Balaban J connectivity index is 1.75. The molecule has 7 nitrogen and oxygen atoms in total. The van der Waals surface area contributed by atoms with Gasteiger partial charge in [0.25, 0.3) is 5.69 Å². The molecule has 2 aromatic rings. The van der Waals surface area contributed by atoms with E-state index in [2.05, 4.69) is 10.4 Å². The average Bonchev–Trinajstić information content (AvgIpc) is 2.95. The Morgan fingerprint density at radius 1 is 1.48 bits per heavy atom. The first kappa shape index (κ1) is 16.7. The molecule has 120 valence electrons. The van der Waals surface area contributed by atoms with Crippen molar-refractivity contribution < 1.29 is 9.72 Å². The van der Waals surface area contributed by atoms with Crippen molar-refractivity contribution in [3.63, 3.8) is 0 Å². The molecule has 0 fully saturated rings. The highest BCUT2D eigenvalue weighted by Gasteiger charge is 2.04. The molecule has 0 saturated heterocycles. The first-order chi connectivity index (χ1) is 11.0. The molecule has 0 unspecified atom stereocenters. The van der Waals surface area contributed by atoms with E-state index in [9.17, 15) is 14.9 Å². The Morgan fingerprint density at radius 2 is 2.30 bits per heavy atom. The summed E-state index contributed by atoms with van der Waals surface area (Å²) < 4.78 is 1.70. The fourth-order valence-electron chi connectivity index (χ4n) is 1.89. The predicted octanol–water partition coefficient (Wildman–Crippen LogP) is 2.66. The summed E-state index contributed by atoms with van der Waals surface area (Å²) in [4.78, 5) is 21.9. The molecule has 1 N–H and O–H groups in total. The van der Waals surface area contributed by atoms with Crippen LogP contribution in [0.5, 0.6) is 0 Å². The van der Waals surface area contributed by atoms with Crippen molar-refractivity contribution in [1.82, 2.24) is 15.1 Å². The Morgan fingerprint density at radius 3 is 3.00 bits per heavy atom. The number of carbonyl (C=O) groups excluding carboxylic acids is 1. The van der Waals surface area contributed by atoms with Crippen molar-refractivity contribution in [2.45, 2.75) is 13.0 Å². The van der Waals surface area contributed by atoms with E-state index in [1.165, 1.54) is 24.3 Å². The molecule has 0 radical (unpaired) electrons. The van der Waals surface area contributed by atoms with Gasteiger partial charge in [0.15, 0.2) is 0 Å². The second kappa shape index (κ2) is 8.09. The minimum atomic E-state index is -0.473. The van der Waals surface area contributed by atoms with Gasteiger partial charge in [-0.25, -0.2) is 0 Å². The molecule has 0 aliphatic rings. The fraction of sp³-hybridized carbons (Fsp3) is 0.200. The summed E-state index contributed by atoms with van der Waals surface area (Å²) in [5.41, 5.74) is 0.589. The SMILES string of the molecule is O=C(/C=C/c1cccc([N+](=O)[O-])c1)NCCCn1cc(Cl)cn1. The van der Waals surface area contributed by atoms with E-state index in [4.69, 9.17) is 11.6 Å². The number of carbonyl (C=O) groups is 1. The van der Waals surface area contributed by atoms with Crippen molar-refractivity contribution in [2.24, 2.45) is 0 Å². The van der Waals surface area contributed by atoms with Gasteiger partial charge in [0.1, 0.15) is 0 Å². The van der Waals surface area contributed by atoms with Crippen LogP contribution < -0.4 is 5.32 Å². The summed E-state index contributed by atoms with van der Waals surface area (Å²) in [7, 11) is 0. The van der Waals surface area contributed by atoms with Gasteiger partial charge in [-0.3, -0.25) is 19.6 Å². The van der Waals surface area contributed by atoms with Crippen LogP contribution in [0.15, 0.2) is 42.7 Å². The van der Waals surface area contributed by atoms with Crippen LogP contribution >= 0.6 is 11.6 Å². The van der Waals surface area contributed by atoms with Crippen LogP contribution in [0.4, 0.5) is 5.69 Å². The van der Waals surface area contributed by atoms with Crippen molar-refractivity contribution in [3.05, 3.63) is 63.4 Å². The van der Waals surface area contributed by atoms with E-state index in [0.29, 0.717) is 30.1 Å². The molecule has 8 heteroatoms. The van der Waals surface area contributed by atoms with Crippen LogP contribution in [0.25, 0.3) is 6.08 Å². The number of aryl methyl sites for hydroxylation is 1. The number of nitrogens with zero attached hydrogens (tertiary/aromatic N) is 3. The van der Waals surface area contributed by atoms with E-state index in [1.54, 1.807) is 29.2 Å². The molecule has 1 amide bonds. The molecule has 0 spiro atoms. The van der Waals surface area contributed by atoms with E-state index in [0.717, 1.165) is 0 Å². The highest BCUT2D eigenvalue weighted by molar-refractivity contribution is 6.30.